The minimum Gasteiger partial charge on any atom is -0.504 e. The highest BCUT2D eigenvalue weighted by molar-refractivity contribution is 5.62. The van der Waals surface area contributed by atoms with Gasteiger partial charge in [-0.15, -0.1) is 0 Å². The van der Waals surface area contributed by atoms with Crippen molar-refractivity contribution in [1.82, 2.24) is 9.97 Å². The van der Waals surface area contributed by atoms with Gasteiger partial charge >= 0.3 is 0 Å². The van der Waals surface area contributed by atoms with Gasteiger partial charge in [0.15, 0.2) is 17.3 Å². The molecule has 2 aromatic rings. The Balaban J connectivity index is 2.53. The molecule has 0 atom stereocenters. The zero-order chi connectivity index (χ0) is 14.7. The van der Waals surface area contributed by atoms with Gasteiger partial charge in [-0.3, -0.25) is 0 Å². The second-order valence-corrected chi connectivity index (χ2v) is 4.79. The van der Waals surface area contributed by atoms with E-state index in [9.17, 15) is 5.11 Å². The number of anilines is 1. The second-order valence-electron chi connectivity index (χ2n) is 4.79. The molecule has 1 heterocycles. The van der Waals surface area contributed by atoms with Crippen LogP contribution in [0.3, 0.4) is 0 Å². The average molecular weight is 273 g/mol. The number of methoxy groups -OCH3 is 1. The van der Waals surface area contributed by atoms with Crippen LogP contribution in [0, 0.1) is 0 Å². The molecular formula is C15H19N3O2. The number of hydrogen-bond donors (Lipinski definition) is 2. The maximum Gasteiger partial charge on any atom is 0.161 e. The Kier molecular flexibility index (Phi) is 4.08. The van der Waals surface area contributed by atoms with Crippen molar-refractivity contribution < 1.29 is 9.84 Å². The van der Waals surface area contributed by atoms with Gasteiger partial charge < -0.3 is 15.2 Å². The largest absolute Gasteiger partial charge is 0.504 e. The van der Waals surface area contributed by atoms with Crippen molar-refractivity contribution in [3.8, 4) is 22.9 Å². The van der Waals surface area contributed by atoms with E-state index in [1.807, 2.05) is 13.1 Å². The SMILES string of the molecule is CNc1cc(C(C)C)nc(-c2ccc(O)c(OC)c2)n1. The second kappa shape index (κ2) is 5.77. The lowest BCUT2D eigenvalue weighted by atomic mass is 10.1. The topological polar surface area (TPSA) is 67.3 Å². The van der Waals surface area contributed by atoms with E-state index < -0.39 is 0 Å². The highest BCUT2D eigenvalue weighted by Gasteiger charge is 2.11. The number of ether oxygens (including phenoxy) is 1. The maximum atomic E-state index is 9.65. The van der Waals surface area contributed by atoms with Crippen molar-refractivity contribution in [3.05, 3.63) is 30.0 Å². The Morgan fingerprint density at radius 3 is 2.55 bits per heavy atom. The Bertz CT molecular complexity index is 612. The van der Waals surface area contributed by atoms with Gasteiger partial charge in [-0.05, 0) is 24.1 Å². The summed E-state index contributed by atoms with van der Waals surface area (Å²) < 4.78 is 5.12. The molecule has 1 aromatic heterocycles. The predicted molar refractivity (Wildman–Crippen MR) is 79.3 cm³/mol. The lowest BCUT2D eigenvalue weighted by Gasteiger charge is -2.11. The fraction of sp³-hybridized carbons (Fsp3) is 0.333. The van der Waals surface area contributed by atoms with Gasteiger partial charge in [-0.1, -0.05) is 13.8 Å². The van der Waals surface area contributed by atoms with E-state index in [1.54, 1.807) is 18.2 Å². The fourth-order valence-electron chi connectivity index (χ4n) is 1.84. The Morgan fingerprint density at radius 2 is 1.95 bits per heavy atom. The Morgan fingerprint density at radius 1 is 1.20 bits per heavy atom. The van der Waals surface area contributed by atoms with Crippen molar-refractivity contribution >= 4 is 5.82 Å². The molecule has 0 aliphatic heterocycles. The molecule has 0 saturated carbocycles. The van der Waals surface area contributed by atoms with Gasteiger partial charge in [0, 0.05) is 24.4 Å². The monoisotopic (exact) mass is 273 g/mol. The normalized spacial score (nSPS) is 10.7. The average Bonchev–Trinajstić information content (AvgIpc) is 2.47. The number of aromatic hydroxyl groups is 1. The molecule has 0 spiro atoms. The van der Waals surface area contributed by atoms with Gasteiger partial charge in [0.2, 0.25) is 0 Å². The summed E-state index contributed by atoms with van der Waals surface area (Å²) >= 11 is 0. The van der Waals surface area contributed by atoms with Crippen LogP contribution in [-0.4, -0.2) is 29.2 Å². The van der Waals surface area contributed by atoms with Gasteiger partial charge in [0.05, 0.1) is 7.11 Å². The summed E-state index contributed by atoms with van der Waals surface area (Å²) in [5, 5.41) is 12.7. The molecule has 1 aromatic carbocycles. The number of hydrogen-bond acceptors (Lipinski definition) is 5. The first kappa shape index (κ1) is 14.1. The molecule has 5 nitrogen and oxygen atoms in total. The molecule has 0 unspecified atom stereocenters. The summed E-state index contributed by atoms with van der Waals surface area (Å²) in [5.74, 6) is 2.20. The van der Waals surface area contributed by atoms with Crippen LogP contribution in [0.5, 0.6) is 11.5 Å². The van der Waals surface area contributed by atoms with Crippen LogP contribution in [0.4, 0.5) is 5.82 Å². The van der Waals surface area contributed by atoms with E-state index >= 15 is 0 Å². The first-order valence-electron chi connectivity index (χ1n) is 6.49. The molecular weight excluding hydrogens is 254 g/mol. The van der Waals surface area contributed by atoms with E-state index in [4.69, 9.17) is 4.74 Å². The summed E-state index contributed by atoms with van der Waals surface area (Å²) in [7, 11) is 3.34. The highest BCUT2D eigenvalue weighted by atomic mass is 16.5. The first-order valence-corrected chi connectivity index (χ1v) is 6.49. The summed E-state index contributed by atoms with van der Waals surface area (Å²) in [4.78, 5) is 9.02. The van der Waals surface area contributed by atoms with E-state index in [0.29, 0.717) is 17.5 Å². The van der Waals surface area contributed by atoms with E-state index in [1.165, 1.54) is 7.11 Å². The molecule has 20 heavy (non-hydrogen) atoms. The molecule has 0 amide bonds. The van der Waals surface area contributed by atoms with E-state index in [-0.39, 0.29) is 5.75 Å². The molecule has 0 saturated heterocycles. The van der Waals surface area contributed by atoms with Crippen LogP contribution in [0.25, 0.3) is 11.4 Å². The lowest BCUT2D eigenvalue weighted by molar-refractivity contribution is 0.373. The van der Waals surface area contributed by atoms with Crippen LogP contribution in [0.1, 0.15) is 25.5 Å². The third kappa shape index (κ3) is 2.82. The highest BCUT2D eigenvalue weighted by Crippen LogP contribution is 2.31. The lowest BCUT2D eigenvalue weighted by Crippen LogP contribution is -2.02. The Hall–Kier alpha value is -2.30. The first-order chi connectivity index (χ1) is 9.55. The van der Waals surface area contributed by atoms with Gasteiger partial charge in [-0.25, -0.2) is 9.97 Å². The quantitative estimate of drug-likeness (QED) is 0.896. The number of nitrogens with one attached hydrogen (secondary N) is 1. The summed E-state index contributed by atoms with van der Waals surface area (Å²) in [6, 6.07) is 7.02. The van der Waals surface area contributed by atoms with Crippen LogP contribution in [-0.2, 0) is 0 Å². The van der Waals surface area contributed by atoms with Gasteiger partial charge in [0.25, 0.3) is 0 Å². The van der Waals surface area contributed by atoms with Crippen molar-refractivity contribution in [2.75, 3.05) is 19.5 Å². The predicted octanol–water partition coefficient (Wildman–Crippen LogP) is 3.02. The molecule has 0 aliphatic rings. The zero-order valence-electron chi connectivity index (χ0n) is 12.1. The molecule has 2 rings (SSSR count). The number of benzene rings is 1. The smallest absolute Gasteiger partial charge is 0.161 e. The summed E-state index contributed by atoms with van der Waals surface area (Å²) in [5.41, 5.74) is 1.77. The number of nitrogens with zero attached hydrogens (tertiary/aromatic N) is 2. The van der Waals surface area contributed by atoms with E-state index in [0.717, 1.165) is 17.1 Å². The number of phenolic OH excluding ortho intramolecular Hbond substituents is 1. The van der Waals surface area contributed by atoms with Crippen LogP contribution >= 0.6 is 0 Å². The van der Waals surface area contributed by atoms with Crippen LogP contribution in [0.2, 0.25) is 0 Å². The molecule has 0 bridgehead atoms. The summed E-state index contributed by atoms with van der Waals surface area (Å²) in [6.45, 7) is 4.17. The van der Waals surface area contributed by atoms with E-state index in [2.05, 4.69) is 29.1 Å². The number of rotatable bonds is 4. The molecule has 106 valence electrons. The van der Waals surface area contributed by atoms with Crippen molar-refractivity contribution in [2.24, 2.45) is 0 Å². The molecule has 0 aliphatic carbocycles. The third-order valence-electron chi connectivity index (χ3n) is 3.03. The summed E-state index contributed by atoms with van der Waals surface area (Å²) in [6.07, 6.45) is 0. The van der Waals surface area contributed by atoms with Crippen molar-refractivity contribution in [3.63, 3.8) is 0 Å². The molecule has 0 fully saturated rings. The van der Waals surface area contributed by atoms with Crippen LogP contribution < -0.4 is 10.1 Å². The van der Waals surface area contributed by atoms with Gasteiger partial charge in [-0.2, -0.15) is 0 Å². The van der Waals surface area contributed by atoms with Crippen LogP contribution in [0.15, 0.2) is 24.3 Å². The molecule has 5 heteroatoms. The van der Waals surface area contributed by atoms with Gasteiger partial charge in [0.1, 0.15) is 5.82 Å². The molecule has 2 N–H and O–H groups in total. The minimum atomic E-state index is 0.102. The number of phenols is 1. The number of aromatic nitrogens is 2. The minimum absolute atomic E-state index is 0.102. The Labute approximate surface area is 118 Å². The third-order valence-corrected chi connectivity index (χ3v) is 3.03. The maximum absolute atomic E-state index is 9.65. The fourth-order valence-corrected chi connectivity index (χ4v) is 1.84. The van der Waals surface area contributed by atoms with Crippen molar-refractivity contribution in [2.45, 2.75) is 19.8 Å². The molecule has 0 radical (unpaired) electrons. The zero-order valence-corrected chi connectivity index (χ0v) is 12.1. The standard InChI is InChI=1S/C15H19N3O2/c1-9(2)11-8-14(16-3)18-15(17-11)10-5-6-12(19)13(7-10)20-4/h5-9,19H,1-4H3,(H,16,17,18). The van der Waals surface area contributed by atoms with Crippen molar-refractivity contribution in [1.29, 1.82) is 0 Å².